The summed E-state index contributed by atoms with van der Waals surface area (Å²) in [4.78, 5) is 24.8. The van der Waals surface area contributed by atoms with E-state index in [2.05, 4.69) is 52.8 Å². The molecule has 212 valence electrons. The third-order valence-electron chi connectivity index (χ3n) is 13.4. The van der Waals surface area contributed by atoms with Gasteiger partial charge in [-0.1, -0.05) is 53.2 Å². The summed E-state index contributed by atoms with van der Waals surface area (Å²) < 4.78 is 5.82. The zero-order valence-corrected chi connectivity index (χ0v) is 24.6. The molecule has 2 N–H and O–H groups in total. The van der Waals surface area contributed by atoms with Crippen LogP contribution in [0.4, 0.5) is 0 Å². The Morgan fingerprint density at radius 1 is 0.974 bits per heavy atom. The molecule has 0 spiro atoms. The summed E-state index contributed by atoms with van der Waals surface area (Å²) in [5.41, 5.74) is 0.465. The second kappa shape index (κ2) is 8.57. The van der Waals surface area contributed by atoms with Gasteiger partial charge in [-0.2, -0.15) is 0 Å². The number of aliphatic carboxylic acids is 1. The van der Waals surface area contributed by atoms with Crippen molar-refractivity contribution in [2.24, 2.45) is 55.4 Å². The van der Waals surface area contributed by atoms with Gasteiger partial charge in [0.1, 0.15) is 6.10 Å². The Hall–Kier alpha value is -1.85. The predicted molar refractivity (Wildman–Crippen MR) is 147 cm³/mol. The monoisotopic (exact) mass is 527 g/mol. The second-order valence-corrected chi connectivity index (χ2v) is 15.4. The predicted octanol–water partition coefficient (Wildman–Crippen LogP) is 7.24. The maximum atomic E-state index is 12.8. The zero-order valence-electron chi connectivity index (χ0n) is 24.6. The minimum atomic E-state index is -0.622. The molecule has 0 unspecified atom stereocenters. The normalized spacial score (nSPS) is 49.6. The largest absolute Gasteiger partial charge is 0.481 e. The van der Waals surface area contributed by atoms with Crippen LogP contribution in [0.3, 0.4) is 0 Å². The van der Waals surface area contributed by atoms with Crippen molar-refractivity contribution >= 4 is 18.2 Å². The smallest absolute Gasteiger partial charge is 0.310 e. The lowest BCUT2D eigenvalue weighted by molar-refractivity contribution is -0.202. The Labute approximate surface area is 228 Å². The van der Waals surface area contributed by atoms with E-state index in [0.29, 0.717) is 5.92 Å². The van der Waals surface area contributed by atoms with Gasteiger partial charge in [-0.3, -0.25) is 9.59 Å². The average Bonchev–Trinajstić information content (AvgIpc) is 2.81. The van der Waals surface area contributed by atoms with E-state index in [4.69, 9.17) is 4.74 Å². The van der Waals surface area contributed by atoms with Crippen LogP contribution in [-0.4, -0.2) is 34.6 Å². The standard InChI is InChI=1S/C32H49NO5/c1-20(34)38-25-11-12-28(4)23(29(25,5)19-33-37)10-13-31(7)24(28)9-8-21-22-18-27(2,3)14-16-32(22,26(35)36)17-15-30(21,31)6/h8,19,22-25,37H,9-18H2,1-7H3,(H,35,36)/b33-19-/t22-,23+,24+,25-,28-,29-,30+,31+,32-/m0/s1. The Balaban J connectivity index is 1.57. The van der Waals surface area contributed by atoms with Crippen molar-refractivity contribution in [2.45, 2.75) is 119 Å². The van der Waals surface area contributed by atoms with Crippen LogP contribution in [0.25, 0.3) is 0 Å². The number of fused-ring (bicyclic) bond motifs is 7. The number of rotatable bonds is 3. The summed E-state index contributed by atoms with van der Waals surface area (Å²) in [5, 5.41) is 23.8. The van der Waals surface area contributed by atoms with Crippen LogP contribution in [0.1, 0.15) is 113 Å². The number of ether oxygens (including phenoxy) is 1. The maximum Gasteiger partial charge on any atom is 0.310 e. The number of hydrogen-bond acceptors (Lipinski definition) is 5. The van der Waals surface area contributed by atoms with Crippen molar-refractivity contribution in [1.29, 1.82) is 0 Å². The van der Waals surface area contributed by atoms with Gasteiger partial charge in [0.15, 0.2) is 0 Å². The molecular weight excluding hydrogens is 478 g/mol. The SMILES string of the molecule is CC(=O)O[C@H]1CC[C@]2(C)[C@H]3CC=C4[C@@H]5CC(C)(C)CC[C@]5(C(=O)O)CC[C@@]4(C)[C@]3(C)CC[C@H]2[C@]1(C)/C=N\O. The fraction of sp³-hybridized carbons (Fsp3) is 0.844. The lowest BCUT2D eigenvalue weighted by atomic mass is 9.33. The van der Waals surface area contributed by atoms with Crippen molar-refractivity contribution in [3.63, 3.8) is 0 Å². The van der Waals surface area contributed by atoms with E-state index in [-0.39, 0.29) is 45.6 Å². The van der Waals surface area contributed by atoms with Gasteiger partial charge < -0.3 is 15.1 Å². The molecule has 5 rings (SSSR count). The van der Waals surface area contributed by atoms with E-state index in [0.717, 1.165) is 64.2 Å². The molecule has 6 nitrogen and oxygen atoms in total. The molecule has 0 radical (unpaired) electrons. The molecule has 0 aromatic carbocycles. The highest BCUT2D eigenvalue weighted by atomic mass is 16.5. The van der Waals surface area contributed by atoms with Crippen LogP contribution in [0.15, 0.2) is 16.8 Å². The summed E-state index contributed by atoms with van der Waals surface area (Å²) in [5.74, 6) is -0.102. The first-order valence-corrected chi connectivity index (χ1v) is 14.9. The topological polar surface area (TPSA) is 96.2 Å². The highest BCUT2D eigenvalue weighted by molar-refractivity contribution is 5.76. The molecule has 0 bridgehead atoms. The summed E-state index contributed by atoms with van der Waals surface area (Å²) >= 11 is 0. The van der Waals surface area contributed by atoms with Gasteiger partial charge in [0, 0.05) is 12.3 Å². The summed E-state index contributed by atoms with van der Waals surface area (Å²) in [6.07, 6.45) is 13.0. The molecule has 9 atom stereocenters. The molecule has 0 heterocycles. The molecule has 0 amide bonds. The zero-order chi connectivity index (χ0) is 27.9. The van der Waals surface area contributed by atoms with E-state index in [1.54, 1.807) is 6.21 Å². The third kappa shape index (κ3) is 3.53. The van der Waals surface area contributed by atoms with E-state index >= 15 is 0 Å². The minimum Gasteiger partial charge on any atom is -0.481 e. The quantitative estimate of drug-likeness (QED) is 0.133. The Kier molecular flexibility index (Phi) is 6.25. The van der Waals surface area contributed by atoms with Gasteiger partial charge in [-0.05, 0) is 104 Å². The van der Waals surface area contributed by atoms with Crippen LogP contribution < -0.4 is 0 Å². The number of carboxylic acid groups (broad SMARTS) is 1. The number of esters is 1. The van der Waals surface area contributed by atoms with Crippen LogP contribution >= 0.6 is 0 Å². The van der Waals surface area contributed by atoms with Crippen molar-refractivity contribution in [3.8, 4) is 0 Å². The number of nitrogens with zero attached hydrogens (tertiary/aromatic N) is 1. The maximum absolute atomic E-state index is 12.8. The van der Waals surface area contributed by atoms with Crippen molar-refractivity contribution in [3.05, 3.63) is 11.6 Å². The molecular formula is C32H49NO5. The molecule has 5 aliphatic rings. The molecule has 0 aromatic heterocycles. The van der Waals surface area contributed by atoms with Gasteiger partial charge in [-0.15, -0.1) is 5.16 Å². The molecule has 0 saturated heterocycles. The van der Waals surface area contributed by atoms with Crippen LogP contribution in [-0.2, 0) is 14.3 Å². The molecule has 38 heavy (non-hydrogen) atoms. The van der Waals surface area contributed by atoms with Gasteiger partial charge in [0.05, 0.1) is 11.6 Å². The molecule has 0 aliphatic heterocycles. The summed E-state index contributed by atoms with van der Waals surface area (Å²) in [7, 11) is 0. The minimum absolute atomic E-state index is 0.00218. The average molecular weight is 528 g/mol. The molecule has 4 fully saturated rings. The number of carboxylic acids is 1. The highest BCUT2D eigenvalue weighted by Crippen LogP contribution is 2.75. The van der Waals surface area contributed by atoms with Crippen molar-refractivity contribution in [1.82, 2.24) is 0 Å². The van der Waals surface area contributed by atoms with Crippen LogP contribution in [0.5, 0.6) is 0 Å². The number of allylic oxidation sites excluding steroid dienone is 2. The van der Waals surface area contributed by atoms with E-state index in [1.807, 2.05) is 0 Å². The Bertz CT molecular complexity index is 1080. The first-order valence-electron chi connectivity index (χ1n) is 14.9. The van der Waals surface area contributed by atoms with Gasteiger partial charge in [-0.25, -0.2) is 0 Å². The number of carbonyl (C=O) groups excluding carboxylic acids is 1. The lowest BCUT2D eigenvalue weighted by Crippen LogP contribution is -2.66. The van der Waals surface area contributed by atoms with Crippen LogP contribution in [0, 0.1) is 50.2 Å². The first-order chi connectivity index (χ1) is 17.6. The Morgan fingerprint density at radius 2 is 1.66 bits per heavy atom. The fourth-order valence-electron chi connectivity index (χ4n) is 11.0. The first kappa shape index (κ1) is 27.7. The van der Waals surface area contributed by atoms with Gasteiger partial charge in [0.2, 0.25) is 0 Å². The Morgan fingerprint density at radius 3 is 2.29 bits per heavy atom. The fourth-order valence-corrected chi connectivity index (χ4v) is 11.0. The summed E-state index contributed by atoms with van der Waals surface area (Å²) in [6, 6.07) is 0. The molecule has 0 aromatic rings. The number of oxime groups is 1. The summed E-state index contributed by atoms with van der Waals surface area (Å²) in [6.45, 7) is 15.6. The second-order valence-electron chi connectivity index (χ2n) is 15.4. The number of hydrogen-bond donors (Lipinski definition) is 2. The lowest BCUT2D eigenvalue weighted by Gasteiger charge is -2.71. The van der Waals surface area contributed by atoms with Crippen molar-refractivity contribution in [2.75, 3.05) is 0 Å². The molecule has 4 saturated carbocycles. The number of carbonyl (C=O) groups is 2. The van der Waals surface area contributed by atoms with Gasteiger partial charge >= 0.3 is 11.9 Å². The third-order valence-corrected chi connectivity index (χ3v) is 13.4. The highest BCUT2D eigenvalue weighted by Gasteiger charge is 2.70. The van der Waals surface area contributed by atoms with Crippen molar-refractivity contribution < 1.29 is 24.6 Å². The molecule has 6 heteroatoms. The van der Waals surface area contributed by atoms with E-state index in [1.165, 1.54) is 12.5 Å². The van der Waals surface area contributed by atoms with E-state index in [9.17, 15) is 19.9 Å². The van der Waals surface area contributed by atoms with E-state index < -0.39 is 16.8 Å². The van der Waals surface area contributed by atoms with Crippen LogP contribution in [0.2, 0.25) is 0 Å². The van der Waals surface area contributed by atoms with Gasteiger partial charge in [0.25, 0.3) is 0 Å². The molecule has 5 aliphatic carbocycles.